The molecule has 0 aromatic heterocycles. The van der Waals surface area contributed by atoms with Crippen LogP contribution < -0.4 is 0 Å². The minimum absolute atomic E-state index is 0.147. The molecule has 0 unspecified atom stereocenters. The van der Waals surface area contributed by atoms with Crippen molar-refractivity contribution >= 4 is 0 Å². The van der Waals surface area contributed by atoms with Crippen LogP contribution >= 0.6 is 0 Å². The normalized spacial score (nSPS) is 20.9. The Hall–Kier alpha value is -1.84. The van der Waals surface area contributed by atoms with Crippen molar-refractivity contribution in [3.05, 3.63) is 65.2 Å². The second-order valence-electron chi connectivity index (χ2n) is 7.31. The fourth-order valence-electron chi connectivity index (χ4n) is 4.52. The van der Waals surface area contributed by atoms with Crippen LogP contribution in [0.2, 0.25) is 0 Å². The lowest BCUT2D eigenvalue weighted by atomic mass is 9.74. The first-order valence-corrected chi connectivity index (χ1v) is 8.97. The summed E-state index contributed by atoms with van der Waals surface area (Å²) in [6.45, 7) is 4.37. The molecule has 24 heavy (non-hydrogen) atoms. The SMILES string of the molecule is CN1CCc2cc(O)ccc2C12CCN(Cc1ccccc1)CC2. The van der Waals surface area contributed by atoms with Gasteiger partial charge in [0.25, 0.3) is 0 Å². The predicted octanol–water partition coefficient (Wildman–Crippen LogP) is 3.37. The fourth-order valence-corrected chi connectivity index (χ4v) is 4.52. The monoisotopic (exact) mass is 322 g/mol. The third-order valence-electron chi connectivity index (χ3n) is 5.97. The molecule has 1 saturated heterocycles. The molecule has 0 aliphatic carbocycles. The van der Waals surface area contributed by atoms with Gasteiger partial charge in [-0.05, 0) is 55.1 Å². The van der Waals surface area contributed by atoms with E-state index in [2.05, 4.69) is 53.2 Å². The zero-order valence-corrected chi connectivity index (χ0v) is 14.4. The first-order chi connectivity index (χ1) is 11.7. The van der Waals surface area contributed by atoms with Crippen LogP contribution in [0.1, 0.15) is 29.5 Å². The maximum atomic E-state index is 9.83. The Labute approximate surface area is 144 Å². The van der Waals surface area contributed by atoms with Gasteiger partial charge in [0.15, 0.2) is 0 Å². The molecule has 1 N–H and O–H groups in total. The van der Waals surface area contributed by atoms with Gasteiger partial charge < -0.3 is 5.11 Å². The summed E-state index contributed by atoms with van der Waals surface area (Å²) in [5, 5.41) is 9.83. The van der Waals surface area contributed by atoms with Crippen LogP contribution in [0.4, 0.5) is 0 Å². The Morgan fingerprint density at radius 1 is 1.00 bits per heavy atom. The molecule has 1 spiro atoms. The number of hydrogen-bond donors (Lipinski definition) is 1. The molecule has 2 aliphatic rings. The molecule has 2 aliphatic heterocycles. The second kappa shape index (κ2) is 6.23. The Morgan fingerprint density at radius 2 is 1.75 bits per heavy atom. The van der Waals surface area contributed by atoms with E-state index < -0.39 is 0 Å². The van der Waals surface area contributed by atoms with E-state index in [1.165, 1.54) is 16.7 Å². The van der Waals surface area contributed by atoms with Gasteiger partial charge in [-0.1, -0.05) is 36.4 Å². The molecule has 2 heterocycles. The Bertz CT molecular complexity index is 705. The Morgan fingerprint density at radius 3 is 2.50 bits per heavy atom. The summed E-state index contributed by atoms with van der Waals surface area (Å²) >= 11 is 0. The Balaban J connectivity index is 1.54. The number of rotatable bonds is 2. The lowest BCUT2D eigenvalue weighted by molar-refractivity contribution is 0.0254. The van der Waals surface area contributed by atoms with Gasteiger partial charge in [-0.2, -0.15) is 0 Å². The van der Waals surface area contributed by atoms with E-state index in [9.17, 15) is 5.11 Å². The number of likely N-dealkylation sites (tertiary alicyclic amines) is 1. The molecule has 0 amide bonds. The number of phenolic OH excluding ortho intramolecular Hbond substituents is 1. The smallest absolute Gasteiger partial charge is 0.115 e. The van der Waals surface area contributed by atoms with Crippen molar-refractivity contribution in [2.45, 2.75) is 31.3 Å². The highest BCUT2D eigenvalue weighted by molar-refractivity contribution is 5.41. The quantitative estimate of drug-likeness (QED) is 0.918. The van der Waals surface area contributed by atoms with Gasteiger partial charge in [-0.3, -0.25) is 9.80 Å². The van der Waals surface area contributed by atoms with E-state index >= 15 is 0 Å². The topological polar surface area (TPSA) is 26.7 Å². The van der Waals surface area contributed by atoms with Crippen molar-refractivity contribution in [1.82, 2.24) is 9.80 Å². The standard InChI is InChI=1S/C21H26N2O/c1-22-12-9-18-15-19(24)7-8-20(18)21(22)10-13-23(14-11-21)16-17-5-3-2-4-6-17/h2-8,15,24H,9-14,16H2,1H3. The van der Waals surface area contributed by atoms with E-state index in [0.717, 1.165) is 45.4 Å². The summed E-state index contributed by atoms with van der Waals surface area (Å²) in [5.41, 5.74) is 4.32. The molecule has 0 radical (unpaired) electrons. The summed E-state index contributed by atoms with van der Waals surface area (Å²) in [6, 6.07) is 16.8. The summed E-state index contributed by atoms with van der Waals surface area (Å²) in [6.07, 6.45) is 3.36. The van der Waals surface area contributed by atoms with E-state index in [1.54, 1.807) is 0 Å². The number of benzene rings is 2. The van der Waals surface area contributed by atoms with E-state index in [4.69, 9.17) is 0 Å². The van der Waals surface area contributed by atoms with Crippen molar-refractivity contribution in [3.63, 3.8) is 0 Å². The predicted molar refractivity (Wildman–Crippen MR) is 97.1 cm³/mol. The summed E-state index contributed by atoms with van der Waals surface area (Å²) in [5.74, 6) is 0.398. The molecule has 2 aromatic rings. The maximum Gasteiger partial charge on any atom is 0.115 e. The third kappa shape index (κ3) is 2.72. The molecule has 2 aromatic carbocycles. The van der Waals surface area contributed by atoms with Gasteiger partial charge in [0, 0.05) is 31.7 Å². The van der Waals surface area contributed by atoms with Crippen LogP contribution in [0.3, 0.4) is 0 Å². The van der Waals surface area contributed by atoms with Crippen LogP contribution in [0, 0.1) is 0 Å². The number of likely N-dealkylation sites (N-methyl/N-ethyl adjacent to an activating group) is 1. The number of phenols is 1. The first kappa shape index (κ1) is 15.7. The molecule has 0 atom stereocenters. The van der Waals surface area contributed by atoms with Gasteiger partial charge in [0.05, 0.1) is 0 Å². The van der Waals surface area contributed by atoms with Crippen molar-refractivity contribution in [2.75, 3.05) is 26.7 Å². The highest BCUT2D eigenvalue weighted by Crippen LogP contribution is 2.43. The van der Waals surface area contributed by atoms with Crippen molar-refractivity contribution in [2.24, 2.45) is 0 Å². The summed E-state index contributed by atoms with van der Waals surface area (Å²) in [4.78, 5) is 5.12. The molecular formula is C21H26N2O. The molecular weight excluding hydrogens is 296 g/mol. The van der Waals surface area contributed by atoms with Crippen LogP contribution in [0.25, 0.3) is 0 Å². The highest BCUT2D eigenvalue weighted by Gasteiger charge is 2.42. The molecule has 1 fully saturated rings. The fraction of sp³-hybridized carbons (Fsp3) is 0.429. The Kier molecular flexibility index (Phi) is 4.07. The first-order valence-electron chi connectivity index (χ1n) is 8.97. The summed E-state index contributed by atoms with van der Waals surface area (Å²) in [7, 11) is 2.27. The van der Waals surface area contributed by atoms with Crippen LogP contribution in [0.15, 0.2) is 48.5 Å². The van der Waals surface area contributed by atoms with Crippen molar-refractivity contribution in [3.8, 4) is 5.75 Å². The molecule has 126 valence electrons. The van der Waals surface area contributed by atoms with Crippen LogP contribution in [-0.4, -0.2) is 41.6 Å². The number of nitrogens with zero attached hydrogens (tertiary/aromatic N) is 2. The van der Waals surface area contributed by atoms with E-state index in [-0.39, 0.29) is 5.54 Å². The van der Waals surface area contributed by atoms with E-state index in [1.807, 2.05) is 12.1 Å². The molecule has 0 bridgehead atoms. The minimum atomic E-state index is 0.147. The molecule has 0 saturated carbocycles. The number of hydrogen-bond acceptors (Lipinski definition) is 3. The summed E-state index contributed by atoms with van der Waals surface area (Å²) < 4.78 is 0. The minimum Gasteiger partial charge on any atom is -0.508 e. The largest absolute Gasteiger partial charge is 0.508 e. The van der Waals surface area contributed by atoms with Gasteiger partial charge in [-0.15, -0.1) is 0 Å². The third-order valence-corrected chi connectivity index (χ3v) is 5.97. The van der Waals surface area contributed by atoms with E-state index in [0.29, 0.717) is 5.75 Å². The molecule has 4 rings (SSSR count). The van der Waals surface area contributed by atoms with Crippen molar-refractivity contribution < 1.29 is 5.11 Å². The second-order valence-corrected chi connectivity index (χ2v) is 7.31. The molecule has 3 nitrogen and oxygen atoms in total. The average Bonchev–Trinajstić information content (AvgIpc) is 2.61. The number of fused-ring (bicyclic) bond motifs is 2. The highest BCUT2D eigenvalue weighted by atomic mass is 16.3. The maximum absolute atomic E-state index is 9.83. The van der Waals surface area contributed by atoms with Crippen molar-refractivity contribution in [1.29, 1.82) is 0 Å². The lowest BCUT2D eigenvalue weighted by Gasteiger charge is -2.51. The number of aromatic hydroxyl groups is 1. The lowest BCUT2D eigenvalue weighted by Crippen LogP contribution is -2.54. The van der Waals surface area contributed by atoms with Gasteiger partial charge in [-0.25, -0.2) is 0 Å². The van der Waals surface area contributed by atoms with Gasteiger partial charge in [0.2, 0.25) is 0 Å². The van der Waals surface area contributed by atoms with Gasteiger partial charge >= 0.3 is 0 Å². The van der Waals surface area contributed by atoms with Crippen LogP contribution in [0.5, 0.6) is 5.75 Å². The molecule has 3 heteroatoms. The average molecular weight is 322 g/mol. The van der Waals surface area contributed by atoms with Crippen LogP contribution in [-0.2, 0) is 18.5 Å². The zero-order chi connectivity index (χ0) is 16.6. The number of piperidine rings is 1. The van der Waals surface area contributed by atoms with Gasteiger partial charge in [0.1, 0.15) is 5.75 Å². The zero-order valence-electron chi connectivity index (χ0n) is 14.4.